The third-order valence-corrected chi connectivity index (χ3v) is 4.86. The number of para-hydroxylation sites is 1. The third-order valence-electron chi connectivity index (χ3n) is 3.68. The zero-order valence-electron chi connectivity index (χ0n) is 13.9. The Morgan fingerprint density at radius 3 is 2.69 bits per heavy atom. The van der Waals surface area contributed by atoms with Gasteiger partial charge in [0.2, 0.25) is 0 Å². The lowest BCUT2D eigenvalue weighted by molar-refractivity contribution is 0.102. The Labute approximate surface area is 159 Å². The molecule has 0 aliphatic rings. The smallest absolute Gasteiger partial charge is 0.276 e. The van der Waals surface area contributed by atoms with Crippen molar-refractivity contribution in [2.45, 2.75) is 17.8 Å². The molecule has 7 heteroatoms. The second-order valence-electron chi connectivity index (χ2n) is 5.50. The van der Waals surface area contributed by atoms with Crippen molar-refractivity contribution in [3.63, 3.8) is 0 Å². The molecule has 0 saturated carbocycles. The van der Waals surface area contributed by atoms with E-state index in [0.717, 1.165) is 5.56 Å². The number of carbonyl (C=O) groups excluding carboxylic acids is 1. The number of nitrogens with one attached hydrogen (secondary N) is 1. The van der Waals surface area contributed by atoms with Crippen molar-refractivity contribution >= 4 is 35.0 Å². The summed E-state index contributed by atoms with van der Waals surface area (Å²) in [5.74, 6) is -0.441. The number of carbonyl (C=O) groups is 1. The van der Waals surface area contributed by atoms with E-state index in [2.05, 4.69) is 15.3 Å². The van der Waals surface area contributed by atoms with Gasteiger partial charge in [0.1, 0.15) is 5.82 Å². The van der Waals surface area contributed by atoms with E-state index in [0.29, 0.717) is 10.9 Å². The number of hydrogen-bond donors (Lipinski definition) is 1. The second kappa shape index (κ2) is 8.29. The van der Waals surface area contributed by atoms with Crippen LogP contribution < -0.4 is 5.32 Å². The van der Waals surface area contributed by atoms with E-state index in [1.165, 1.54) is 35.7 Å². The summed E-state index contributed by atoms with van der Waals surface area (Å²) in [4.78, 5) is 20.8. The third kappa shape index (κ3) is 4.39. The van der Waals surface area contributed by atoms with Gasteiger partial charge in [0.05, 0.1) is 16.9 Å². The normalized spacial score (nSPS) is 10.6. The molecule has 1 N–H and O–H groups in total. The van der Waals surface area contributed by atoms with Gasteiger partial charge in [-0.2, -0.15) is 0 Å². The van der Waals surface area contributed by atoms with E-state index >= 15 is 0 Å². The molecule has 1 amide bonds. The first-order valence-electron chi connectivity index (χ1n) is 7.80. The van der Waals surface area contributed by atoms with Crippen molar-refractivity contribution in [1.29, 1.82) is 0 Å². The molecule has 0 fully saturated rings. The molecule has 1 heterocycles. The van der Waals surface area contributed by atoms with E-state index in [1.807, 2.05) is 31.2 Å². The Balaban J connectivity index is 1.76. The van der Waals surface area contributed by atoms with E-state index < -0.39 is 11.7 Å². The standard InChI is InChI=1S/C19H15ClFN3OS/c1-12-6-2-3-7-13(12)11-26-19-22-10-14(20)17(24-19)18(25)23-16-9-5-4-8-15(16)21/h2-10H,11H2,1H3,(H,23,25). The van der Waals surface area contributed by atoms with Crippen LogP contribution in [0.15, 0.2) is 59.9 Å². The van der Waals surface area contributed by atoms with E-state index in [9.17, 15) is 9.18 Å². The van der Waals surface area contributed by atoms with E-state index in [1.54, 1.807) is 12.1 Å². The quantitative estimate of drug-likeness (QED) is 0.487. The van der Waals surface area contributed by atoms with Gasteiger partial charge < -0.3 is 5.32 Å². The van der Waals surface area contributed by atoms with Crippen molar-refractivity contribution in [2.75, 3.05) is 5.32 Å². The van der Waals surface area contributed by atoms with Crippen LogP contribution in [0.1, 0.15) is 21.6 Å². The summed E-state index contributed by atoms with van der Waals surface area (Å²) in [6.07, 6.45) is 1.38. The Hall–Kier alpha value is -2.44. The van der Waals surface area contributed by atoms with Crippen molar-refractivity contribution in [1.82, 2.24) is 9.97 Å². The highest BCUT2D eigenvalue weighted by Crippen LogP contribution is 2.24. The van der Waals surface area contributed by atoms with Crippen molar-refractivity contribution in [3.8, 4) is 0 Å². The number of thioether (sulfide) groups is 1. The second-order valence-corrected chi connectivity index (χ2v) is 6.85. The SMILES string of the molecule is Cc1ccccc1CSc1ncc(Cl)c(C(=O)Nc2ccccc2F)n1. The summed E-state index contributed by atoms with van der Waals surface area (Å²) in [6, 6.07) is 13.9. The molecule has 132 valence electrons. The molecular formula is C19H15ClFN3OS. The predicted molar refractivity (Wildman–Crippen MR) is 102 cm³/mol. The van der Waals surface area contributed by atoms with Crippen LogP contribution in [0, 0.1) is 12.7 Å². The number of halogens is 2. The van der Waals surface area contributed by atoms with Gasteiger partial charge in [0, 0.05) is 5.75 Å². The molecule has 0 bridgehead atoms. The van der Waals surface area contributed by atoms with E-state index in [4.69, 9.17) is 11.6 Å². The maximum Gasteiger partial charge on any atom is 0.276 e. The Morgan fingerprint density at radius 2 is 1.92 bits per heavy atom. The van der Waals surface area contributed by atoms with Gasteiger partial charge in [-0.1, -0.05) is 59.8 Å². The molecule has 0 atom stereocenters. The predicted octanol–water partition coefficient (Wildman–Crippen LogP) is 5.12. The van der Waals surface area contributed by atoms with Crippen LogP contribution >= 0.6 is 23.4 Å². The van der Waals surface area contributed by atoms with Crippen LogP contribution in [0.25, 0.3) is 0 Å². The lowest BCUT2D eigenvalue weighted by atomic mass is 10.1. The molecule has 3 aromatic rings. The van der Waals surface area contributed by atoms with Gasteiger partial charge in [-0.25, -0.2) is 14.4 Å². The average Bonchev–Trinajstić information content (AvgIpc) is 2.64. The number of aromatic nitrogens is 2. The van der Waals surface area contributed by atoms with Crippen molar-refractivity contribution in [3.05, 3.63) is 82.4 Å². The van der Waals surface area contributed by atoms with Crippen LogP contribution in [0.5, 0.6) is 0 Å². The largest absolute Gasteiger partial charge is 0.318 e. The van der Waals surface area contributed by atoms with Crippen molar-refractivity contribution in [2.24, 2.45) is 0 Å². The molecule has 26 heavy (non-hydrogen) atoms. The number of benzene rings is 2. The summed E-state index contributed by atoms with van der Waals surface area (Å²) < 4.78 is 13.7. The van der Waals surface area contributed by atoms with Crippen molar-refractivity contribution < 1.29 is 9.18 Å². The fourth-order valence-electron chi connectivity index (χ4n) is 2.24. The van der Waals surface area contributed by atoms with Gasteiger partial charge in [-0.05, 0) is 30.2 Å². The molecule has 0 aliphatic heterocycles. The van der Waals surface area contributed by atoms with Gasteiger partial charge >= 0.3 is 0 Å². The molecule has 3 rings (SSSR count). The first-order valence-corrected chi connectivity index (χ1v) is 9.16. The number of rotatable bonds is 5. The highest BCUT2D eigenvalue weighted by atomic mass is 35.5. The monoisotopic (exact) mass is 387 g/mol. The molecule has 4 nitrogen and oxygen atoms in total. The summed E-state index contributed by atoms with van der Waals surface area (Å²) in [5, 5.41) is 3.02. The maximum absolute atomic E-state index is 13.7. The minimum Gasteiger partial charge on any atom is -0.318 e. The van der Waals surface area contributed by atoms with Crippen LogP contribution in [0.3, 0.4) is 0 Å². The average molecular weight is 388 g/mol. The molecule has 0 aliphatic carbocycles. The fraction of sp³-hybridized carbons (Fsp3) is 0.105. The van der Waals surface area contributed by atoms with Crippen LogP contribution in [0.4, 0.5) is 10.1 Å². The summed E-state index contributed by atoms with van der Waals surface area (Å²) in [5.41, 5.74) is 2.42. The Morgan fingerprint density at radius 1 is 1.19 bits per heavy atom. The fourth-order valence-corrected chi connectivity index (χ4v) is 3.31. The number of aryl methyl sites for hydroxylation is 1. The van der Waals surface area contributed by atoms with Gasteiger partial charge in [-0.15, -0.1) is 0 Å². The number of nitrogens with zero attached hydrogens (tertiary/aromatic N) is 2. The highest BCUT2D eigenvalue weighted by molar-refractivity contribution is 7.98. The lowest BCUT2D eigenvalue weighted by Crippen LogP contribution is -2.16. The van der Waals surface area contributed by atoms with Gasteiger partial charge in [0.25, 0.3) is 5.91 Å². The Kier molecular flexibility index (Phi) is 5.85. The van der Waals surface area contributed by atoms with Crippen LogP contribution in [0.2, 0.25) is 5.02 Å². The number of hydrogen-bond acceptors (Lipinski definition) is 4. The molecule has 0 spiro atoms. The first kappa shape index (κ1) is 18.4. The molecule has 0 saturated heterocycles. The molecule has 0 unspecified atom stereocenters. The maximum atomic E-state index is 13.7. The lowest BCUT2D eigenvalue weighted by Gasteiger charge is -2.08. The molecule has 0 radical (unpaired) electrons. The summed E-state index contributed by atoms with van der Waals surface area (Å²) >= 11 is 7.45. The van der Waals surface area contributed by atoms with Crippen LogP contribution in [-0.4, -0.2) is 15.9 Å². The molecule has 2 aromatic carbocycles. The van der Waals surface area contributed by atoms with E-state index in [-0.39, 0.29) is 16.4 Å². The zero-order chi connectivity index (χ0) is 18.5. The minimum absolute atomic E-state index is 0.0113. The van der Waals surface area contributed by atoms with Gasteiger partial charge in [-0.3, -0.25) is 4.79 Å². The minimum atomic E-state index is -0.583. The Bertz CT molecular complexity index is 952. The molecule has 1 aromatic heterocycles. The zero-order valence-corrected chi connectivity index (χ0v) is 15.4. The summed E-state index contributed by atoms with van der Waals surface area (Å²) in [6.45, 7) is 2.03. The highest BCUT2D eigenvalue weighted by Gasteiger charge is 2.16. The molecular weight excluding hydrogens is 373 g/mol. The first-order chi connectivity index (χ1) is 12.5. The van der Waals surface area contributed by atoms with Gasteiger partial charge in [0.15, 0.2) is 10.9 Å². The summed E-state index contributed by atoms with van der Waals surface area (Å²) in [7, 11) is 0. The topological polar surface area (TPSA) is 54.9 Å². The number of amides is 1. The van der Waals surface area contributed by atoms with Crippen LogP contribution in [-0.2, 0) is 5.75 Å². The number of anilines is 1.